The van der Waals surface area contributed by atoms with Crippen LogP contribution in [-0.2, 0) is 10.0 Å². The zero-order valence-electron chi connectivity index (χ0n) is 22.2. The van der Waals surface area contributed by atoms with Gasteiger partial charge in [0.15, 0.2) is 0 Å². The fraction of sp³-hybridized carbons (Fsp3) is 0.379. The molecule has 200 valence electrons. The molecule has 0 atom stereocenters. The van der Waals surface area contributed by atoms with E-state index in [1.807, 2.05) is 80.6 Å². The van der Waals surface area contributed by atoms with E-state index in [9.17, 15) is 8.42 Å². The van der Waals surface area contributed by atoms with Crippen molar-refractivity contribution >= 4 is 49.2 Å². The third kappa shape index (κ3) is 5.54. The molecule has 1 fully saturated rings. The van der Waals surface area contributed by atoms with Gasteiger partial charge in [-0.25, -0.2) is 18.1 Å². The highest BCUT2D eigenvalue weighted by Crippen LogP contribution is 2.32. The molecule has 1 heterocycles. The predicted molar refractivity (Wildman–Crippen MR) is 156 cm³/mol. The molecule has 8 nitrogen and oxygen atoms in total. The minimum Gasteiger partial charge on any atom is -0.377 e. The molecule has 1 aliphatic rings. The second-order valence-electron chi connectivity index (χ2n) is 10.3. The number of benzene rings is 3. The first kappa shape index (κ1) is 26.2. The number of rotatable bonds is 9. The Morgan fingerprint density at radius 1 is 0.816 bits per heavy atom. The maximum Gasteiger partial charge on any atom is 0.241 e. The van der Waals surface area contributed by atoms with Crippen LogP contribution in [0.5, 0.6) is 0 Å². The number of nitrogens with one attached hydrogen (secondary N) is 3. The Kier molecular flexibility index (Phi) is 7.67. The SMILES string of the molecule is CNc1nc(NCC2CCC(CNS(=O)(=O)c3cccc4c(N(C)C)cccc34)CC2)nc2ccccc12. The van der Waals surface area contributed by atoms with Crippen molar-refractivity contribution in [3.05, 3.63) is 60.7 Å². The highest BCUT2D eigenvalue weighted by molar-refractivity contribution is 7.89. The molecule has 9 heteroatoms. The van der Waals surface area contributed by atoms with Crippen LogP contribution < -0.4 is 20.3 Å². The Morgan fingerprint density at radius 3 is 2.21 bits per heavy atom. The van der Waals surface area contributed by atoms with Gasteiger partial charge in [0.05, 0.1) is 10.4 Å². The van der Waals surface area contributed by atoms with Gasteiger partial charge in [-0.3, -0.25) is 0 Å². The van der Waals surface area contributed by atoms with E-state index in [1.165, 1.54) is 0 Å². The van der Waals surface area contributed by atoms with Gasteiger partial charge in [-0.05, 0) is 61.8 Å². The second kappa shape index (κ2) is 11.1. The quantitative estimate of drug-likeness (QED) is 0.276. The van der Waals surface area contributed by atoms with Gasteiger partial charge in [-0.2, -0.15) is 4.98 Å². The topological polar surface area (TPSA) is 99.2 Å². The van der Waals surface area contributed by atoms with E-state index in [0.29, 0.717) is 29.2 Å². The van der Waals surface area contributed by atoms with Gasteiger partial charge in [-0.1, -0.05) is 36.4 Å². The van der Waals surface area contributed by atoms with Crippen molar-refractivity contribution < 1.29 is 8.42 Å². The number of hydrogen-bond acceptors (Lipinski definition) is 7. The third-order valence-corrected chi connectivity index (χ3v) is 9.03. The molecule has 3 aromatic carbocycles. The standard InChI is InChI=1S/C29H36N6O2S/c1-30-28-24-8-4-5-11-25(24)33-29(34-28)31-18-20-14-16-21(17-15-20)19-32-38(36,37)27-13-7-9-22-23(27)10-6-12-26(22)35(2)3/h4-13,20-21,32H,14-19H2,1-3H3,(H2,30,31,33,34). The van der Waals surface area contributed by atoms with Gasteiger partial charge >= 0.3 is 0 Å². The van der Waals surface area contributed by atoms with E-state index in [0.717, 1.165) is 65.4 Å². The monoisotopic (exact) mass is 532 g/mol. The molecule has 0 saturated heterocycles. The van der Waals surface area contributed by atoms with Gasteiger partial charge in [0.1, 0.15) is 5.82 Å². The number of sulfonamides is 1. The summed E-state index contributed by atoms with van der Waals surface area (Å²) in [4.78, 5) is 11.6. The molecule has 0 spiro atoms. The first-order valence-electron chi connectivity index (χ1n) is 13.2. The van der Waals surface area contributed by atoms with Crippen LogP contribution in [0.3, 0.4) is 0 Å². The number of para-hydroxylation sites is 1. The summed E-state index contributed by atoms with van der Waals surface area (Å²) in [5, 5.41) is 9.28. The molecule has 4 aromatic rings. The summed E-state index contributed by atoms with van der Waals surface area (Å²) in [5.41, 5.74) is 1.91. The van der Waals surface area contributed by atoms with Crippen LogP contribution in [0.1, 0.15) is 25.7 Å². The van der Waals surface area contributed by atoms with Crippen LogP contribution in [0, 0.1) is 11.8 Å². The fourth-order valence-corrected chi connectivity index (χ4v) is 6.75. The molecule has 1 aliphatic carbocycles. The average molecular weight is 533 g/mol. The van der Waals surface area contributed by atoms with Crippen molar-refractivity contribution in [2.24, 2.45) is 11.8 Å². The Labute approximate surface area is 224 Å². The summed E-state index contributed by atoms with van der Waals surface area (Å²) in [7, 11) is 2.19. The zero-order valence-corrected chi connectivity index (χ0v) is 23.1. The zero-order chi connectivity index (χ0) is 26.7. The molecule has 3 N–H and O–H groups in total. The van der Waals surface area contributed by atoms with Gasteiger partial charge < -0.3 is 15.5 Å². The van der Waals surface area contributed by atoms with Crippen molar-refractivity contribution in [3.8, 4) is 0 Å². The molecule has 1 aromatic heterocycles. The Morgan fingerprint density at radius 2 is 1.47 bits per heavy atom. The Bertz CT molecular complexity index is 1530. The molecule has 0 amide bonds. The molecule has 0 radical (unpaired) electrons. The van der Waals surface area contributed by atoms with Gasteiger partial charge in [0.2, 0.25) is 16.0 Å². The van der Waals surface area contributed by atoms with Crippen molar-refractivity contribution in [1.82, 2.24) is 14.7 Å². The van der Waals surface area contributed by atoms with E-state index in [2.05, 4.69) is 25.3 Å². The van der Waals surface area contributed by atoms with Crippen molar-refractivity contribution in [1.29, 1.82) is 0 Å². The molecule has 0 bridgehead atoms. The third-order valence-electron chi connectivity index (χ3n) is 7.55. The van der Waals surface area contributed by atoms with Crippen LogP contribution in [0.4, 0.5) is 17.5 Å². The van der Waals surface area contributed by atoms with Crippen LogP contribution in [-0.4, -0.2) is 52.6 Å². The summed E-state index contributed by atoms with van der Waals surface area (Å²) in [6.07, 6.45) is 4.09. The smallest absolute Gasteiger partial charge is 0.241 e. The maximum atomic E-state index is 13.3. The highest BCUT2D eigenvalue weighted by atomic mass is 32.2. The lowest BCUT2D eigenvalue weighted by molar-refractivity contribution is 0.284. The molecular weight excluding hydrogens is 496 g/mol. The molecule has 0 unspecified atom stereocenters. The van der Waals surface area contributed by atoms with Crippen LogP contribution >= 0.6 is 0 Å². The Hall–Kier alpha value is -3.43. The molecule has 0 aliphatic heterocycles. The Balaban J connectivity index is 1.17. The summed E-state index contributed by atoms with van der Waals surface area (Å²) >= 11 is 0. The lowest BCUT2D eigenvalue weighted by Gasteiger charge is -2.28. The van der Waals surface area contributed by atoms with Crippen LogP contribution in [0.15, 0.2) is 65.6 Å². The largest absolute Gasteiger partial charge is 0.377 e. The highest BCUT2D eigenvalue weighted by Gasteiger charge is 2.24. The van der Waals surface area contributed by atoms with Crippen molar-refractivity contribution in [3.63, 3.8) is 0 Å². The lowest BCUT2D eigenvalue weighted by atomic mass is 9.82. The normalized spacial score (nSPS) is 18.0. The number of anilines is 3. The van der Waals surface area contributed by atoms with E-state index in [-0.39, 0.29) is 0 Å². The minimum absolute atomic E-state index is 0.334. The lowest BCUT2D eigenvalue weighted by Crippen LogP contribution is -2.32. The van der Waals surface area contributed by atoms with Gasteiger partial charge in [-0.15, -0.1) is 0 Å². The van der Waals surface area contributed by atoms with E-state index < -0.39 is 10.0 Å². The first-order valence-corrected chi connectivity index (χ1v) is 14.7. The van der Waals surface area contributed by atoms with Crippen molar-refractivity contribution in [2.45, 2.75) is 30.6 Å². The molecule has 1 saturated carbocycles. The van der Waals surface area contributed by atoms with E-state index >= 15 is 0 Å². The molecular formula is C29H36N6O2S. The second-order valence-corrected chi connectivity index (χ2v) is 12.0. The van der Waals surface area contributed by atoms with Crippen LogP contribution in [0.25, 0.3) is 21.7 Å². The first-order chi connectivity index (χ1) is 18.4. The number of fused-ring (bicyclic) bond motifs is 2. The predicted octanol–water partition coefficient (Wildman–Crippen LogP) is 5.09. The van der Waals surface area contributed by atoms with E-state index in [4.69, 9.17) is 0 Å². The van der Waals surface area contributed by atoms with Crippen LogP contribution in [0.2, 0.25) is 0 Å². The summed E-state index contributed by atoms with van der Waals surface area (Å²) < 4.78 is 29.5. The number of hydrogen-bond donors (Lipinski definition) is 3. The maximum absolute atomic E-state index is 13.3. The summed E-state index contributed by atoms with van der Waals surface area (Å²) in [6, 6.07) is 19.3. The van der Waals surface area contributed by atoms with Gasteiger partial charge in [0.25, 0.3) is 0 Å². The summed E-state index contributed by atoms with van der Waals surface area (Å²) in [5.74, 6) is 2.30. The number of aromatic nitrogens is 2. The molecule has 5 rings (SSSR count). The van der Waals surface area contributed by atoms with Gasteiger partial charge in [0, 0.05) is 56.1 Å². The molecule has 38 heavy (non-hydrogen) atoms. The summed E-state index contributed by atoms with van der Waals surface area (Å²) in [6.45, 7) is 1.27. The average Bonchev–Trinajstić information content (AvgIpc) is 2.94. The fourth-order valence-electron chi connectivity index (χ4n) is 5.42. The minimum atomic E-state index is -3.62. The number of nitrogens with zero attached hydrogens (tertiary/aromatic N) is 3. The van der Waals surface area contributed by atoms with E-state index in [1.54, 1.807) is 6.07 Å². The van der Waals surface area contributed by atoms with Crippen molar-refractivity contribution in [2.75, 3.05) is 49.8 Å².